The molecule has 2 bridgehead atoms. The largest absolute Gasteiger partial charge is 0.508 e. The second-order valence-corrected chi connectivity index (χ2v) is 13.8. The van der Waals surface area contributed by atoms with Crippen LogP contribution in [0.5, 0.6) is 11.8 Å². The van der Waals surface area contributed by atoms with Crippen LogP contribution in [0.15, 0.2) is 48.7 Å². The van der Waals surface area contributed by atoms with E-state index in [1.54, 1.807) is 12.3 Å². The third kappa shape index (κ3) is 4.01. The first-order valence-electron chi connectivity index (χ1n) is 16.0. The Hall–Kier alpha value is -4.26. The number of hydrogen-bond acceptors (Lipinski definition) is 8. The summed E-state index contributed by atoms with van der Waals surface area (Å²) in [5.41, 5.74) is 2.64. The van der Waals surface area contributed by atoms with Crippen LogP contribution in [0.3, 0.4) is 0 Å². The van der Waals surface area contributed by atoms with E-state index >= 15 is 4.39 Å². The first-order valence-corrected chi connectivity index (χ1v) is 16.0. The van der Waals surface area contributed by atoms with Gasteiger partial charge in [0, 0.05) is 54.4 Å². The number of piperazine rings is 1. The molecule has 1 aliphatic carbocycles. The van der Waals surface area contributed by atoms with Crippen LogP contribution in [0, 0.1) is 23.6 Å². The fourth-order valence-corrected chi connectivity index (χ4v) is 8.95. The number of rotatable bonds is 5. The molecule has 5 fully saturated rings. The number of aromatic nitrogens is 3. The first-order chi connectivity index (χ1) is 21.9. The predicted octanol–water partition coefficient (Wildman–Crippen LogP) is 5.18. The molecule has 8 nitrogen and oxygen atoms in total. The Morgan fingerprint density at radius 2 is 1.98 bits per heavy atom. The van der Waals surface area contributed by atoms with E-state index in [1.807, 2.05) is 18.2 Å². The molecule has 2 aromatic carbocycles. The number of hydrogen-bond donors (Lipinski definition) is 2. The Morgan fingerprint density at radius 1 is 1.16 bits per heavy atom. The number of halogens is 1. The minimum absolute atomic E-state index is 0.00388. The molecule has 4 aliphatic heterocycles. The van der Waals surface area contributed by atoms with Gasteiger partial charge in [0.2, 0.25) is 0 Å². The van der Waals surface area contributed by atoms with Gasteiger partial charge in [0.1, 0.15) is 29.4 Å². The number of phenols is 1. The highest BCUT2D eigenvalue weighted by molar-refractivity contribution is 6.02. The minimum atomic E-state index is -0.591. The van der Waals surface area contributed by atoms with Gasteiger partial charge in [-0.05, 0) is 74.1 Å². The molecule has 1 saturated carbocycles. The molecule has 2 aromatic heterocycles. The lowest BCUT2D eigenvalue weighted by atomic mass is 9.80. The molecule has 4 aromatic rings. The summed E-state index contributed by atoms with van der Waals surface area (Å²) in [5, 5.41) is 16.2. The maximum atomic E-state index is 16.9. The standard InChI is InChI=1S/C36H35FN6O2/c1-3-22-5-4-6-23-13-26(44)14-27(29(22)23)31-30(37)32-28(16-38-31)33(42-18-24-7-8-25(19-42)39-24)41-34(40-32)45-20-36-15-21(2)17-43(36)12-11-35(36)9-10-35/h1,4-6,13-14,16,24-25,39,44H,2,7-12,15,17-20H2/t24-,25+,36?. The van der Waals surface area contributed by atoms with E-state index in [4.69, 9.17) is 21.1 Å². The molecule has 228 valence electrons. The van der Waals surface area contributed by atoms with E-state index in [9.17, 15) is 5.11 Å². The number of pyridine rings is 1. The zero-order valence-corrected chi connectivity index (χ0v) is 25.2. The molecule has 45 heavy (non-hydrogen) atoms. The fourth-order valence-electron chi connectivity index (χ4n) is 8.95. The SMILES string of the molecule is C#Cc1cccc2cc(O)cc(-c3ncc4c(N5C[C@H]6CC[C@@H](C5)N6)nc(OCC56CC(=C)CN5CCC65CC5)nc4c3F)c12. The summed E-state index contributed by atoms with van der Waals surface area (Å²) in [6.45, 7) is 8.28. The predicted molar refractivity (Wildman–Crippen MR) is 172 cm³/mol. The van der Waals surface area contributed by atoms with Crippen LogP contribution in [0.4, 0.5) is 10.2 Å². The second kappa shape index (κ2) is 9.62. The molecule has 3 atom stereocenters. The molecule has 2 N–H and O–H groups in total. The van der Waals surface area contributed by atoms with E-state index in [2.05, 4.69) is 32.6 Å². The van der Waals surface area contributed by atoms with E-state index in [0.717, 1.165) is 45.4 Å². The van der Waals surface area contributed by atoms with Gasteiger partial charge in [0.25, 0.3) is 0 Å². The lowest BCUT2D eigenvalue weighted by Crippen LogP contribution is -2.51. The molecule has 4 saturated heterocycles. The molecule has 6 heterocycles. The summed E-state index contributed by atoms with van der Waals surface area (Å²) in [7, 11) is 0. The first kappa shape index (κ1) is 27.1. The van der Waals surface area contributed by atoms with Crippen molar-refractivity contribution in [2.24, 2.45) is 5.41 Å². The zero-order valence-electron chi connectivity index (χ0n) is 25.2. The fraction of sp³-hybridized carbons (Fsp3) is 0.417. The number of ether oxygens (including phenoxy) is 1. The lowest BCUT2D eigenvalue weighted by Gasteiger charge is -2.37. The smallest absolute Gasteiger partial charge is 0.319 e. The van der Waals surface area contributed by atoms with Crippen molar-refractivity contribution >= 4 is 27.5 Å². The number of fused-ring (bicyclic) bond motifs is 6. The number of terminal acetylenes is 1. The summed E-state index contributed by atoms with van der Waals surface area (Å²) in [6, 6.07) is 9.53. The van der Waals surface area contributed by atoms with Gasteiger partial charge in [-0.1, -0.05) is 30.2 Å². The van der Waals surface area contributed by atoms with Gasteiger partial charge >= 0.3 is 6.01 Å². The van der Waals surface area contributed by atoms with Crippen LogP contribution in [0.25, 0.3) is 32.9 Å². The van der Waals surface area contributed by atoms with E-state index in [-0.39, 0.29) is 33.9 Å². The molecule has 9 heteroatoms. The molecule has 0 radical (unpaired) electrons. The van der Waals surface area contributed by atoms with Gasteiger partial charge in [-0.2, -0.15) is 9.97 Å². The van der Waals surface area contributed by atoms with Crippen molar-refractivity contribution in [3.63, 3.8) is 0 Å². The van der Waals surface area contributed by atoms with Crippen LogP contribution < -0.4 is 15.0 Å². The van der Waals surface area contributed by atoms with Crippen LogP contribution in [0.1, 0.15) is 44.1 Å². The molecule has 5 aliphatic rings. The summed E-state index contributed by atoms with van der Waals surface area (Å²) >= 11 is 0. The van der Waals surface area contributed by atoms with E-state index in [0.29, 0.717) is 51.8 Å². The molecular weight excluding hydrogens is 567 g/mol. The van der Waals surface area contributed by atoms with Crippen molar-refractivity contribution in [1.82, 2.24) is 25.2 Å². The minimum Gasteiger partial charge on any atom is -0.508 e. The van der Waals surface area contributed by atoms with Gasteiger partial charge in [-0.25, -0.2) is 4.39 Å². The van der Waals surface area contributed by atoms with Crippen molar-refractivity contribution in [2.75, 3.05) is 37.7 Å². The maximum Gasteiger partial charge on any atom is 0.319 e. The Labute approximate surface area is 261 Å². The second-order valence-electron chi connectivity index (χ2n) is 13.8. The molecule has 9 rings (SSSR count). The monoisotopic (exact) mass is 602 g/mol. The van der Waals surface area contributed by atoms with Crippen LogP contribution in [0.2, 0.25) is 0 Å². The summed E-state index contributed by atoms with van der Waals surface area (Å²) in [6.07, 6.45) is 14.2. The normalized spacial score (nSPS) is 26.6. The van der Waals surface area contributed by atoms with Gasteiger partial charge in [-0.15, -0.1) is 6.42 Å². The van der Waals surface area contributed by atoms with Crippen molar-refractivity contribution in [3.05, 3.63) is 60.1 Å². The average Bonchev–Trinajstić information content (AvgIpc) is 3.57. The topological polar surface area (TPSA) is 86.6 Å². The van der Waals surface area contributed by atoms with Crippen molar-refractivity contribution in [3.8, 4) is 35.4 Å². The number of benzene rings is 2. The van der Waals surface area contributed by atoms with E-state index in [1.165, 1.54) is 30.9 Å². The van der Waals surface area contributed by atoms with Gasteiger partial charge < -0.3 is 20.1 Å². The van der Waals surface area contributed by atoms with Crippen molar-refractivity contribution in [2.45, 2.75) is 56.1 Å². The summed E-state index contributed by atoms with van der Waals surface area (Å²) < 4.78 is 23.4. The van der Waals surface area contributed by atoms with E-state index < -0.39 is 5.82 Å². The number of nitrogens with zero attached hydrogens (tertiary/aromatic N) is 5. The third-order valence-corrected chi connectivity index (χ3v) is 11.2. The van der Waals surface area contributed by atoms with Crippen LogP contribution >= 0.6 is 0 Å². The summed E-state index contributed by atoms with van der Waals surface area (Å²) in [5.74, 6) is 2.77. The Bertz CT molecular complexity index is 1960. The Balaban J connectivity index is 1.19. The molecule has 1 unspecified atom stereocenters. The maximum absolute atomic E-state index is 16.9. The molecule has 1 spiro atoms. The van der Waals surface area contributed by atoms with Gasteiger partial charge in [0.15, 0.2) is 5.82 Å². The highest BCUT2D eigenvalue weighted by Crippen LogP contribution is 2.66. The zero-order chi connectivity index (χ0) is 30.5. The number of phenolic OH excluding ortho intramolecular Hbond substituents is 1. The van der Waals surface area contributed by atoms with Crippen LogP contribution in [-0.4, -0.2) is 75.4 Å². The van der Waals surface area contributed by atoms with Gasteiger partial charge in [-0.3, -0.25) is 9.88 Å². The summed E-state index contributed by atoms with van der Waals surface area (Å²) in [4.78, 5) is 19.1. The quantitative estimate of drug-likeness (QED) is 0.239. The highest BCUT2D eigenvalue weighted by Gasteiger charge is 2.67. The average molecular weight is 603 g/mol. The molecular formula is C36H35FN6O2. The Morgan fingerprint density at radius 3 is 2.76 bits per heavy atom. The number of anilines is 1. The van der Waals surface area contributed by atoms with Crippen LogP contribution in [-0.2, 0) is 0 Å². The van der Waals surface area contributed by atoms with Crippen molar-refractivity contribution in [1.29, 1.82) is 0 Å². The Kier molecular flexibility index (Phi) is 5.79. The third-order valence-electron chi connectivity index (χ3n) is 11.2. The number of aromatic hydroxyl groups is 1. The van der Waals surface area contributed by atoms with Gasteiger partial charge in [0.05, 0.1) is 10.9 Å². The van der Waals surface area contributed by atoms with Crippen molar-refractivity contribution < 1.29 is 14.2 Å². The highest BCUT2D eigenvalue weighted by atomic mass is 19.1. The molecule has 0 amide bonds. The lowest BCUT2D eigenvalue weighted by molar-refractivity contribution is 0.0649. The number of nitrogens with one attached hydrogen (secondary N) is 1.